The molecule has 1 amide bonds. The van der Waals surface area contributed by atoms with Crippen molar-refractivity contribution in [3.63, 3.8) is 0 Å². The molecule has 0 spiro atoms. The summed E-state index contributed by atoms with van der Waals surface area (Å²) >= 11 is 0. The van der Waals surface area contributed by atoms with E-state index in [2.05, 4.69) is 15.1 Å². The predicted molar refractivity (Wildman–Crippen MR) is 95.6 cm³/mol. The summed E-state index contributed by atoms with van der Waals surface area (Å²) in [5.74, 6) is 2.17. The van der Waals surface area contributed by atoms with E-state index in [0.29, 0.717) is 23.9 Å². The van der Waals surface area contributed by atoms with Gasteiger partial charge in [0, 0.05) is 50.7 Å². The Kier molecular flexibility index (Phi) is 5.11. The van der Waals surface area contributed by atoms with Gasteiger partial charge in [0.15, 0.2) is 0 Å². The van der Waals surface area contributed by atoms with Gasteiger partial charge in [0.2, 0.25) is 5.91 Å². The molecule has 5 fully saturated rings. The van der Waals surface area contributed by atoms with Crippen LogP contribution in [0.15, 0.2) is 0 Å². The van der Waals surface area contributed by atoms with E-state index in [1.807, 2.05) is 0 Å². The van der Waals surface area contributed by atoms with Gasteiger partial charge in [-0.25, -0.2) is 0 Å². The number of carbonyl (C=O) groups is 1. The highest BCUT2D eigenvalue weighted by Crippen LogP contribution is 2.38. The smallest absolute Gasteiger partial charge is 0.225 e. The first-order chi connectivity index (χ1) is 11.7. The largest absolute Gasteiger partial charge is 0.338 e. The zero-order chi connectivity index (χ0) is 16.5. The molecule has 24 heavy (non-hydrogen) atoms. The van der Waals surface area contributed by atoms with E-state index in [1.54, 1.807) is 0 Å². The van der Waals surface area contributed by atoms with Crippen molar-refractivity contribution in [1.82, 2.24) is 15.1 Å². The molecule has 5 rings (SSSR count). The van der Waals surface area contributed by atoms with Crippen LogP contribution >= 0.6 is 0 Å². The van der Waals surface area contributed by atoms with Crippen LogP contribution in [-0.2, 0) is 4.79 Å². The lowest BCUT2D eigenvalue weighted by Gasteiger charge is -2.40. The van der Waals surface area contributed by atoms with Gasteiger partial charge in [0.1, 0.15) is 0 Å². The monoisotopic (exact) mass is 334 g/mol. The molecule has 3 N–H and O–H groups in total. The number of hydrogen-bond donors (Lipinski definition) is 2. The number of amides is 1. The Morgan fingerprint density at radius 3 is 2.38 bits per heavy atom. The van der Waals surface area contributed by atoms with Crippen LogP contribution in [0.4, 0.5) is 0 Å². The Balaban J connectivity index is 1.32. The average molecular weight is 335 g/mol. The molecule has 4 heterocycles. The third kappa shape index (κ3) is 3.35. The molecule has 1 saturated carbocycles. The number of piperidine rings is 2. The number of nitrogens with two attached hydrogens (primary N) is 1. The van der Waals surface area contributed by atoms with Gasteiger partial charge < -0.3 is 20.9 Å². The van der Waals surface area contributed by atoms with Crippen molar-refractivity contribution < 1.29 is 4.79 Å². The lowest BCUT2D eigenvalue weighted by molar-refractivity contribution is -0.139. The van der Waals surface area contributed by atoms with Gasteiger partial charge in [-0.1, -0.05) is 0 Å². The van der Waals surface area contributed by atoms with Crippen LogP contribution in [0.2, 0.25) is 0 Å². The Bertz CT molecular complexity index is 441. The lowest BCUT2D eigenvalue weighted by atomic mass is 9.71. The molecule has 4 aliphatic heterocycles. The number of rotatable bonds is 2. The van der Waals surface area contributed by atoms with Crippen LogP contribution in [0.5, 0.6) is 0 Å². The van der Waals surface area contributed by atoms with Crippen molar-refractivity contribution in [2.45, 2.75) is 57.0 Å². The van der Waals surface area contributed by atoms with Crippen molar-refractivity contribution >= 4 is 5.91 Å². The minimum absolute atomic E-state index is 0.284. The molecule has 2 bridgehead atoms. The van der Waals surface area contributed by atoms with Gasteiger partial charge in [-0.05, 0) is 63.3 Å². The normalized spacial score (nSPS) is 43.5. The minimum atomic E-state index is 0.284. The van der Waals surface area contributed by atoms with Gasteiger partial charge >= 0.3 is 0 Å². The first-order valence-corrected chi connectivity index (χ1v) is 10.2. The van der Waals surface area contributed by atoms with Crippen molar-refractivity contribution in [3.05, 3.63) is 0 Å². The van der Waals surface area contributed by atoms with Gasteiger partial charge in [0.05, 0.1) is 0 Å². The summed E-state index contributed by atoms with van der Waals surface area (Å²) in [5.41, 5.74) is 6.34. The Hall–Kier alpha value is -0.650. The van der Waals surface area contributed by atoms with Gasteiger partial charge in [-0.3, -0.25) is 4.79 Å². The maximum atomic E-state index is 13.1. The van der Waals surface area contributed by atoms with E-state index in [-0.39, 0.29) is 5.92 Å². The quantitative estimate of drug-likeness (QED) is 0.792. The molecule has 136 valence electrons. The van der Waals surface area contributed by atoms with Crippen LogP contribution in [0.3, 0.4) is 0 Å². The van der Waals surface area contributed by atoms with E-state index < -0.39 is 0 Å². The zero-order valence-electron chi connectivity index (χ0n) is 15.0. The standard InChI is InChI=1S/C19H34N4O/c20-18-13-21-8-5-17(18)14-1-3-15(4-2-14)19(24)23-12-11-22-9-6-16(23)7-10-22/h14-18,21H,1-13,20H2. The highest BCUT2D eigenvalue weighted by molar-refractivity contribution is 5.79. The Morgan fingerprint density at radius 2 is 1.67 bits per heavy atom. The summed E-state index contributed by atoms with van der Waals surface area (Å²) in [4.78, 5) is 17.9. The molecule has 1 aliphatic carbocycles. The first-order valence-electron chi connectivity index (χ1n) is 10.2. The number of nitrogens with one attached hydrogen (secondary N) is 1. The van der Waals surface area contributed by atoms with Crippen LogP contribution in [0.1, 0.15) is 44.9 Å². The second-order valence-electron chi connectivity index (χ2n) is 8.54. The minimum Gasteiger partial charge on any atom is -0.338 e. The van der Waals surface area contributed by atoms with E-state index in [9.17, 15) is 4.79 Å². The van der Waals surface area contributed by atoms with Crippen molar-refractivity contribution in [2.24, 2.45) is 23.5 Å². The fraction of sp³-hybridized carbons (Fsp3) is 0.947. The maximum absolute atomic E-state index is 13.1. The fourth-order valence-electron chi connectivity index (χ4n) is 5.69. The van der Waals surface area contributed by atoms with E-state index >= 15 is 0 Å². The molecule has 2 unspecified atom stereocenters. The summed E-state index contributed by atoms with van der Waals surface area (Å²) in [6, 6.07) is 0.831. The third-order valence-corrected chi connectivity index (χ3v) is 7.25. The molecular formula is C19H34N4O. The fourth-order valence-corrected chi connectivity index (χ4v) is 5.69. The topological polar surface area (TPSA) is 61.6 Å². The van der Waals surface area contributed by atoms with Crippen molar-refractivity contribution in [3.8, 4) is 0 Å². The van der Waals surface area contributed by atoms with E-state index in [4.69, 9.17) is 5.73 Å². The van der Waals surface area contributed by atoms with Gasteiger partial charge in [-0.15, -0.1) is 0 Å². The van der Waals surface area contributed by atoms with E-state index in [0.717, 1.165) is 44.9 Å². The number of hydrogen-bond acceptors (Lipinski definition) is 4. The Morgan fingerprint density at radius 1 is 0.917 bits per heavy atom. The number of carbonyl (C=O) groups excluding carboxylic acids is 1. The molecule has 2 atom stereocenters. The van der Waals surface area contributed by atoms with Crippen LogP contribution in [-0.4, -0.2) is 67.1 Å². The summed E-state index contributed by atoms with van der Waals surface area (Å²) < 4.78 is 0. The summed E-state index contributed by atoms with van der Waals surface area (Å²) in [5, 5.41) is 3.40. The zero-order valence-corrected chi connectivity index (χ0v) is 15.0. The maximum Gasteiger partial charge on any atom is 0.225 e. The van der Waals surface area contributed by atoms with Gasteiger partial charge in [0.25, 0.3) is 0 Å². The highest BCUT2D eigenvalue weighted by Gasteiger charge is 2.38. The SMILES string of the molecule is NC1CNCCC1C1CCC(C(=O)N2CCN3CCC2CC3)CC1. The molecule has 0 radical (unpaired) electrons. The van der Waals surface area contributed by atoms with Crippen molar-refractivity contribution in [2.75, 3.05) is 39.3 Å². The predicted octanol–water partition coefficient (Wildman–Crippen LogP) is 1.04. The molecular weight excluding hydrogens is 300 g/mol. The Labute approximate surface area is 146 Å². The molecule has 5 nitrogen and oxygen atoms in total. The summed E-state index contributed by atoms with van der Waals surface area (Å²) in [6.07, 6.45) is 8.18. The van der Waals surface area contributed by atoms with Crippen LogP contribution in [0.25, 0.3) is 0 Å². The van der Waals surface area contributed by atoms with E-state index in [1.165, 1.54) is 45.2 Å². The molecule has 0 aromatic rings. The molecule has 5 heteroatoms. The second-order valence-corrected chi connectivity index (χ2v) is 8.54. The molecule has 4 saturated heterocycles. The van der Waals surface area contributed by atoms with Crippen molar-refractivity contribution in [1.29, 1.82) is 0 Å². The lowest BCUT2D eigenvalue weighted by Crippen LogP contribution is -2.50. The summed E-state index contributed by atoms with van der Waals surface area (Å²) in [6.45, 7) is 6.51. The molecule has 5 aliphatic rings. The second kappa shape index (κ2) is 7.30. The summed E-state index contributed by atoms with van der Waals surface area (Å²) in [7, 11) is 0. The molecule has 0 aromatic carbocycles. The highest BCUT2D eigenvalue weighted by atomic mass is 16.2. The van der Waals surface area contributed by atoms with Crippen LogP contribution in [0, 0.1) is 17.8 Å². The van der Waals surface area contributed by atoms with Gasteiger partial charge in [-0.2, -0.15) is 0 Å². The average Bonchev–Trinajstić information content (AvgIpc) is 2.96. The third-order valence-electron chi connectivity index (χ3n) is 7.25. The molecule has 0 aromatic heterocycles. The van der Waals surface area contributed by atoms with Crippen LogP contribution < -0.4 is 11.1 Å². The first kappa shape index (κ1) is 16.8. The number of fused-ring (bicyclic) bond motifs is 4. The number of nitrogens with zero attached hydrogens (tertiary/aromatic N) is 2.